The van der Waals surface area contributed by atoms with Crippen molar-refractivity contribution in [2.75, 3.05) is 26.7 Å². The van der Waals surface area contributed by atoms with Crippen molar-refractivity contribution in [2.45, 2.75) is 31.3 Å². The van der Waals surface area contributed by atoms with Crippen LogP contribution in [0.1, 0.15) is 36.0 Å². The lowest BCUT2D eigenvalue weighted by atomic mass is 9.85. The molecule has 0 amide bonds. The normalized spacial score (nSPS) is 18.7. The Morgan fingerprint density at radius 1 is 1.12 bits per heavy atom. The number of aliphatic hydroxyl groups is 1. The zero-order valence-corrected chi connectivity index (χ0v) is 18.9. The predicted molar refractivity (Wildman–Crippen MR) is 127 cm³/mol. The lowest BCUT2D eigenvalue weighted by Crippen LogP contribution is -2.42. The minimum atomic E-state index is -0.771. The van der Waals surface area contributed by atoms with Crippen molar-refractivity contribution in [1.29, 1.82) is 0 Å². The molecule has 170 valence electrons. The van der Waals surface area contributed by atoms with Crippen molar-refractivity contribution in [3.05, 3.63) is 83.8 Å². The maximum atomic E-state index is 11.1. The minimum Gasteiger partial charge on any atom is -0.496 e. The Labute approximate surface area is 194 Å². The van der Waals surface area contributed by atoms with Gasteiger partial charge in [0.25, 0.3) is 0 Å². The Hall–Kier alpha value is -3.22. The third kappa shape index (κ3) is 4.49. The highest BCUT2D eigenvalue weighted by Gasteiger charge is 2.33. The van der Waals surface area contributed by atoms with Crippen molar-refractivity contribution in [1.82, 2.24) is 14.9 Å². The first kappa shape index (κ1) is 21.6. The van der Waals surface area contributed by atoms with Crippen LogP contribution < -0.4 is 9.47 Å². The third-order valence-electron chi connectivity index (χ3n) is 6.72. The molecule has 0 spiro atoms. The molecule has 0 atom stereocenters. The molecule has 1 aromatic carbocycles. The van der Waals surface area contributed by atoms with Gasteiger partial charge in [-0.3, -0.25) is 4.98 Å². The summed E-state index contributed by atoms with van der Waals surface area (Å²) < 4.78 is 11.8. The molecule has 0 bridgehead atoms. The van der Waals surface area contributed by atoms with Crippen LogP contribution >= 0.6 is 0 Å². The number of rotatable bonds is 5. The lowest BCUT2D eigenvalue weighted by Gasteiger charge is -2.38. The van der Waals surface area contributed by atoms with Crippen LogP contribution in [-0.4, -0.2) is 46.7 Å². The quantitative estimate of drug-likeness (QED) is 0.622. The van der Waals surface area contributed by atoms with Gasteiger partial charge in [0.2, 0.25) is 5.88 Å². The molecule has 2 aromatic heterocycles. The number of piperidine rings is 1. The molecule has 1 N–H and O–H groups in total. The molecule has 33 heavy (non-hydrogen) atoms. The monoisotopic (exact) mass is 443 g/mol. The number of hydrogen-bond donors (Lipinski definition) is 1. The van der Waals surface area contributed by atoms with Crippen molar-refractivity contribution >= 4 is 5.57 Å². The van der Waals surface area contributed by atoms with Gasteiger partial charge >= 0.3 is 0 Å². The second-order valence-corrected chi connectivity index (χ2v) is 8.70. The Morgan fingerprint density at radius 2 is 1.97 bits per heavy atom. The van der Waals surface area contributed by atoms with Crippen LogP contribution in [0.5, 0.6) is 17.4 Å². The summed E-state index contributed by atoms with van der Waals surface area (Å²) in [5.74, 6) is 2.26. The summed E-state index contributed by atoms with van der Waals surface area (Å²) in [6.07, 6.45) is 10.7. The Morgan fingerprint density at radius 3 is 2.76 bits per heavy atom. The van der Waals surface area contributed by atoms with Crippen LogP contribution in [0.15, 0.2) is 67.1 Å². The number of fused-ring (bicyclic) bond motifs is 2. The van der Waals surface area contributed by atoms with Gasteiger partial charge in [-0.1, -0.05) is 18.2 Å². The molecule has 6 nitrogen and oxygen atoms in total. The van der Waals surface area contributed by atoms with Gasteiger partial charge in [-0.25, -0.2) is 4.98 Å². The topological polar surface area (TPSA) is 67.7 Å². The summed E-state index contributed by atoms with van der Waals surface area (Å²) >= 11 is 0. The molecule has 0 unspecified atom stereocenters. The van der Waals surface area contributed by atoms with E-state index < -0.39 is 5.60 Å². The van der Waals surface area contributed by atoms with E-state index in [4.69, 9.17) is 9.47 Å². The zero-order valence-electron chi connectivity index (χ0n) is 18.9. The van der Waals surface area contributed by atoms with Crippen LogP contribution in [0.25, 0.3) is 5.57 Å². The number of allylic oxidation sites excluding steroid dienone is 1. The van der Waals surface area contributed by atoms with Gasteiger partial charge in [-0.05, 0) is 55.2 Å². The van der Waals surface area contributed by atoms with Gasteiger partial charge in [-0.15, -0.1) is 0 Å². The van der Waals surface area contributed by atoms with Crippen LogP contribution in [0.4, 0.5) is 0 Å². The summed E-state index contributed by atoms with van der Waals surface area (Å²) in [6, 6.07) is 13.8. The van der Waals surface area contributed by atoms with E-state index in [2.05, 4.69) is 27.0 Å². The molecule has 1 saturated heterocycles. The summed E-state index contributed by atoms with van der Waals surface area (Å²) in [5.41, 5.74) is 3.42. The van der Waals surface area contributed by atoms with Gasteiger partial charge in [0.05, 0.1) is 12.7 Å². The molecule has 4 heterocycles. The standard InChI is InChI=1S/C27H29N3O3/c1-32-24-9-2-10-25-23(24)18-20(22-8-4-14-29-26(22)33-25)6-5-15-30-16-11-27(31,12-17-30)21-7-3-13-28-19-21/h2-4,6-10,13-14,19,31H,5,11-12,15-18H2,1H3. The first-order valence-corrected chi connectivity index (χ1v) is 11.5. The van der Waals surface area contributed by atoms with Gasteiger partial charge in [0.15, 0.2) is 0 Å². The second kappa shape index (κ2) is 9.33. The van der Waals surface area contributed by atoms with Crippen molar-refractivity contribution in [3.8, 4) is 17.4 Å². The maximum absolute atomic E-state index is 11.1. The van der Waals surface area contributed by atoms with E-state index in [1.165, 1.54) is 5.57 Å². The molecule has 0 saturated carbocycles. The molecule has 5 rings (SSSR count). The highest BCUT2D eigenvalue weighted by Crippen LogP contribution is 2.41. The largest absolute Gasteiger partial charge is 0.496 e. The Bertz CT molecular complexity index is 1140. The number of benzene rings is 1. The Kier molecular flexibility index (Phi) is 6.11. The van der Waals surface area contributed by atoms with Gasteiger partial charge in [0.1, 0.15) is 11.5 Å². The molecule has 0 aliphatic carbocycles. The second-order valence-electron chi connectivity index (χ2n) is 8.70. The molecule has 3 aromatic rings. The smallest absolute Gasteiger partial charge is 0.226 e. The van der Waals surface area contributed by atoms with Gasteiger partial charge in [0, 0.05) is 61.3 Å². The number of pyridine rings is 2. The van der Waals surface area contributed by atoms with E-state index in [9.17, 15) is 5.11 Å². The summed E-state index contributed by atoms with van der Waals surface area (Å²) in [7, 11) is 1.69. The number of aromatic nitrogens is 2. The fourth-order valence-electron chi connectivity index (χ4n) is 4.79. The summed E-state index contributed by atoms with van der Waals surface area (Å²) in [4.78, 5) is 11.1. The molecule has 0 radical (unpaired) electrons. The van der Waals surface area contributed by atoms with Crippen molar-refractivity contribution in [2.24, 2.45) is 0 Å². The van der Waals surface area contributed by atoms with Crippen LogP contribution in [0, 0.1) is 0 Å². The van der Waals surface area contributed by atoms with Crippen LogP contribution in [0.2, 0.25) is 0 Å². The van der Waals surface area contributed by atoms with Crippen LogP contribution in [0.3, 0.4) is 0 Å². The molecule has 1 fully saturated rings. The third-order valence-corrected chi connectivity index (χ3v) is 6.72. The summed E-state index contributed by atoms with van der Waals surface area (Å²) in [5, 5.41) is 11.1. The molecular formula is C27H29N3O3. The maximum Gasteiger partial charge on any atom is 0.226 e. The van der Waals surface area contributed by atoms with E-state index >= 15 is 0 Å². The molecular weight excluding hydrogens is 414 g/mol. The van der Waals surface area contributed by atoms with Crippen molar-refractivity contribution in [3.63, 3.8) is 0 Å². The van der Waals surface area contributed by atoms with Gasteiger partial charge < -0.3 is 19.5 Å². The average molecular weight is 444 g/mol. The van der Waals surface area contributed by atoms with E-state index in [-0.39, 0.29) is 0 Å². The predicted octanol–water partition coefficient (Wildman–Crippen LogP) is 4.59. The lowest BCUT2D eigenvalue weighted by molar-refractivity contribution is -0.0257. The number of nitrogens with zero attached hydrogens (tertiary/aromatic N) is 3. The zero-order chi connectivity index (χ0) is 22.7. The molecule has 2 aliphatic heterocycles. The van der Waals surface area contributed by atoms with Crippen molar-refractivity contribution < 1.29 is 14.6 Å². The highest BCUT2D eigenvalue weighted by molar-refractivity contribution is 5.74. The summed E-state index contributed by atoms with van der Waals surface area (Å²) in [6.45, 7) is 2.68. The number of likely N-dealkylation sites (tertiary alicyclic amines) is 1. The van der Waals surface area contributed by atoms with E-state index in [0.29, 0.717) is 5.88 Å². The number of ether oxygens (including phenoxy) is 2. The minimum absolute atomic E-state index is 0.635. The molecule has 2 aliphatic rings. The van der Waals surface area contributed by atoms with Crippen LogP contribution in [-0.2, 0) is 12.0 Å². The fourth-order valence-corrected chi connectivity index (χ4v) is 4.79. The van der Waals surface area contributed by atoms with E-state index in [1.54, 1.807) is 25.7 Å². The first-order valence-electron chi connectivity index (χ1n) is 11.5. The number of hydrogen-bond acceptors (Lipinski definition) is 6. The van der Waals surface area contributed by atoms with E-state index in [0.717, 1.165) is 73.5 Å². The highest BCUT2D eigenvalue weighted by atomic mass is 16.5. The molecule has 6 heteroatoms. The average Bonchev–Trinajstić information content (AvgIpc) is 3.02. The van der Waals surface area contributed by atoms with Gasteiger partial charge in [-0.2, -0.15) is 0 Å². The van der Waals surface area contributed by atoms with E-state index in [1.807, 2.05) is 36.4 Å². The SMILES string of the molecule is COc1cccc2c1CC(=CCCN1CCC(O)(c3cccnc3)CC1)c1cccnc1O2. The Balaban J connectivity index is 1.29. The number of methoxy groups -OCH3 is 1. The first-order chi connectivity index (χ1) is 16.2. The fraction of sp³-hybridized carbons (Fsp3) is 0.333.